The Kier molecular flexibility index (Phi) is 4.25. The molecule has 0 fully saturated rings. The number of nitriles is 4. The number of benzene rings is 1. The lowest BCUT2D eigenvalue weighted by molar-refractivity contribution is 0.490. The van der Waals surface area contributed by atoms with Crippen LogP contribution >= 0.6 is 0 Å². The van der Waals surface area contributed by atoms with Gasteiger partial charge in [-0.3, -0.25) is 5.43 Å². The minimum absolute atomic E-state index is 0.739. The second-order valence-corrected chi connectivity index (χ2v) is 3.09. The highest BCUT2D eigenvalue weighted by Gasteiger charge is 2.25. The molecule has 0 aromatic heterocycles. The van der Waals surface area contributed by atoms with Crippen molar-refractivity contribution in [1.82, 2.24) is 0 Å². The van der Waals surface area contributed by atoms with Gasteiger partial charge in [0.25, 0.3) is 0 Å². The fourth-order valence-electron chi connectivity index (χ4n) is 1.16. The van der Waals surface area contributed by atoms with Crippen LogP contribution in [0.2, 0.25) is 0 Å². The van der Waals surface area contributed by atoms with Crippen LogP contribution in [-0.2, 0) is 0 Å². The molecule has 1 aromatic rings. The summed E-state index contributed by atoms with van der Waals surface area (Å²) in [6, 6.07) is 4.93. The van der Waals surface area contributed by atoms with Crippen LogP contribution in [0.25, 0.3) is 0 Å². The van der Waals surface area contributed by atoms with Gasteiger partial charge < -0.3 is 0 Å². The fourth-order valence-corrected chi connectivity index (χ4v) is 1.16. The van der Waals surface area contributed by atoms with Crippen LogP contribution in [-0.4, -0.2) is 5.71 Å². The maximum absolute atomic E-state index is 13.7. The molecule has 0 aliphatic rings. The standard InChI is InChI=1S/C11HF3N6/c12-8-6(3-17)10(14)11(7(4-18)9(8)13)20-19-5(1-15)2-16/h20H. The van der Waals surface area contributed by atoms with Crippen molar-refractivity contribution in [2.75, 3.05) is 5.43 Å². The van der Waals surface area contributed by atoms with E-state index in [2.05, 4.69) is 5.10 Å². The summed E-state index contributed by atoms with van der Waals surface area (Å²) in [5.74, 6) is -5.10. The van der Waals surface area contributed by atoms with E-state index < -0.39 is 40.0 Å². The zero-order valence-electron chi connectivity index (χ0n) is 9.37. The topological polar surface area (TPSA) is 120 Å². The summed E-state index contributed by atoms with van der Waals surface area (Å²) in [5.41, 5.74) is -2.24. The third kappa shape index (κ3) is 2.33. The Labute approximate surface area is 110 Å². The van der Waals surface area contributed by atoms with Gasteiger partial charge in [-0.1, -0.05) is 0 Å². The molecule has 0 unspecified atom stereocenters. The van der Waals surface area contributed by atoms with Gasteiger partial charge in [0.15, 0.2) is 17.5 Å². The van der Waals surface area contributed by atoms with Gasteiger partial charge in [-0.25, -0.2) is 13.2 Å². The highest BCUT2D eigenvalue weighted by atomic mass is 19.2. The monoisotopic (exact) mass is 274 g/mol. The molecule has 0 atom stereocenters. The Balaban J connectivity index is 3.57. The molecule has 0 aliphatic carbocycles. The van der Waals surface area contributed by atoms with Gasteiger partial charge in [0.2, 0.25) is 5.71 Å². The first-order valence-corrected chi connectivity index (χ1v) is 4.66. The molecule has 6 nitrogen and oxygen atoms in total. The van der Waals surface area contributed by atoms with Crippen LogP contribution in [0.4, 0.5) is 18.9 Å². The molecule has 1 N–H and O–H groups in total. The van der Waals surface area contributed by atoms with Crippen molar-refractivity contribution in [3.05, 3.63) is 28.6 Å². The second kappa shape index (κ2) is 5.86. The van der Waals surface area contributed by atoms with E-state index in [4.69, 9.17) is 21.0 Å². The molecule has 20 heavy (non-hydrogen) atoms. The Morgan fingerprint density at radius 3 is 1.80 bits per heavy atom. The minimum Gasteiger partial charge on any atom is -0.272 e. The van der Waals surface area contributed by atoms with Crippen molar-refractivity contribution >= 4 is 11.4 Å². The molecule has 0 spiro atoms. The number of nitrogens with one attached hydrogen (secondary N) is 1. The third-order valence-corrected chi connectivity index (χ3v) is 2.04. The first-order valence-electron chi connectivity index (χ1n) is 4.66. The van der Waals surface area contributed by atoms with Crippen molar-refractivity contribution in [2.45, 2.75) is 0 Å². The van der Waals surface area contributed by atoms with Crippen molar-refractivity contribution in [1.29, 1.82) is 21.0 Å². The number of anilines is 1. The molecular weight excluding hydrogens is 273 g/mol. The molecule has 0 saturated carbocycles. The van der Waals surface area contributed by atoms with Crippen molar-refractivity contribution in [2.24, 2.45) is 5.10 Å². The minimum atomic E-state index is -1.81. The van der Waals surface area contributed by atoms with E-state index in [-0.39, 0.29) is 0 Å². The lowest BCUT2D eigenvalue weighted by atomic mass is 10.1. The molecule has 0 amide bonds. The highest BCUT2D eigenvalue weighted by Crippen LogP contribution is 2.28. The van der Waals surface area contributed by atoms with E-state index in [1.165, 1.54) is 18.2 Å². The summed E-state index contributed by atoms with van der Waals surface area (Å²) in [5, 5.41) is 37.1. The molecule has 0 bridgehead atoms. The number of hydrazone groups is 1. The Morgan fingerprint density at radius 2 is 1.35 bits per heavy atom. The van der Waals surface area contributed by atoms with Crippen LogP contribution in [0.15, 0.2) is 5.10 Å². The summed E-state index contributed by atoms with van der Waals surface area (Å²) in [4.78, 5) is 0. The lowest BCUT2D eigenvalue weighted by Crippen LogP contribution is -2.07. The van der Waals surface area contributed by atoms with Crippen molar-refractivity contribution < 1.29 is 13.2 Å². The average Bonchev–Trinajstić information content (AvgIpc) is 2.45. The van der Waals surface area contributed by atoms with Crippen LogP contribution in [0.1, 0.15) is 11.1 Å². The molecule has 1 rings (SSSR count). The first kappa shape index (κ1) is 14.5. The number of hydrogen-bond donors (Lipinski definition) is 1. The van der Waals surface area contributed by atoms with Gasteiger partial charge in [-0.15, -0.1) is 0 Å². The molecule has 1 aromatic carbocycles. The number of halogens is 3. The molecule has 0 radical (unpaired) electrons. The van der Waals surface area contributed by atoms with Gasteiger partial charge in [0.05, 0.1) is 0 Å². The smallest absolute Gasteiger partial charge is 0.237 e. The predicted octanol–water partition coefficient (Wildman–Crippen LogP) is 1.66. The molecule has 96 valence electrons. The SMILES string of the molecule is N#CC(C#N)=NNc1c(F)c(C#N)c(F)c(F)c1C#N. The van der Waals surface area contributed by atoms with E-state index in [0.717, 1.165) is 6.07 Å². The first-order chi connectivity index (χ1) is 9.51. The summed E-state index contributed by atoms with van der Waals surface area (Å²) in [6.45, 7) is 0. The summed E-state index contributed by atoms with van der Waals surface area (Å²) < 4.78 is 40.5. The van der Waals surface area contributed by atoms with Crippen LogP contribution < -0.4 is 5.43 Å². The predicted molar refractivity (Wildman–Crippen MR) is 58.0 cm³/mol. The van der Waals surface area contributed by atoms with Gasteiger partial charge in [-0.05, 0) is 0 Å². The highest BCUT2D eigenvalue weighted by molar-refractivity contribution is 6.10. The molecule has 0 saturated heterocycles. The van der Waals surface area contributed by atoms with Crippen LogP contribution in [0, 0.1) is 62.8 Å². The quantitative estimate of drug-likeness (QED) is 0.499. The zero-order valence-corrected chi connectivity index (χ0v) is 9.37. The Bertz CT molecular complexity index is 754. The fraction of sp³-hybridized carbons (Fsp3) is 0. The van der Waals surface area contributed by atoms with Gasteiger partial charge in [0, 0.05) is 0 Å². The number of hydrogen-bond acceptors (Lipinski definition) is 6. The largest absolute Gasteiger partial charge is 0.272 e. The molecular formula is C11HF3N6. The van der Waals surface area contributed by atoms with E-state index in [1.54, 1.807) is 5.43 Å². The van der Waals surface area contributed by atoms with E-state index in [1.807, 2.05) is 0 Å². The Morgan fingerprint density at radius 1 is 0.850 bits per heavy atom. The van der Waals surface area contributed by atoms with Gasteiger partial charge in [-0.2, -0.15) is 26.1 Å². The van der Waals surface area contributed by atoms with Gasteiger partial charge >= 0.3 is 0 Å². The lowest BCUT2D eigenvalue weighted by Gasteiger charge is -2.08. The number of nitrogens with zero attached hydrogens (tertiary/aromatic N) is 5. The molecule has 0 heterocycles. The van der Waals surface area contributed by atoms with E-state index >= 15 is 0 Å². The third-order valence-electron chi connectivity index (χ3n) is 2.04. The second-order valence-electron chi connectivity index (χ2n) is 3.09. The van der Waals surface area contributed by atoms with E-state index in [0.29, 0.717) is 0 Å². The van der Waals surface area contributed by atoms with Crippen molar-refractivity contribution in [3.63, 3.8) is 0 Å². The summed E-state index contributed by atoms with van der Waals surface area (Å²) in [7, 11) is 0. The van der Waals surface area contributed by atoms with Crippen LogP contribution in [0.3, 0.4) is 0 Å². The van der Waals surface area contributed by atoms with Gasteiger partial charge in [0.1, 0.15) is 41.1 Å². The normalized spacial score (nSPS) is 8.55. The molecule has 9 heteroatoms. The summed E-state index contributed by atoms with van der Waals surface area (Å²) >= 11 is 0. The summed E-state index contributed by atoms with van der Waals surface area (Å²) in [6.07, 6.45) is 0. The maximum atomic E-state index is 13.7. The maximum Gasteiger partial charge on any atom is 0.237 e. The number of rotatable bonds is 2. The van der Waals surface area contributed by atoms with Crippen LogP contribution in [0.5, 0.6) is 0 Å². The Hall–Kier alpha value is -3.56. The van der Waals surface area contributed by atoms with E-state index in [9.17, 15) is 13.2 Å². The average molecular weight is 274 g/mol. The van der Waals surface area contributed by atoms with Crippen molar-refractivity contribution in [3.8, 4) is 24.3 Å². The molecule has 0 aliphatic heterocycles. The zero-order chi connectivity index (χ0) is 15.3.